The van der Waals surface area contributed by atoms with Crippen LogP contribution in [0.5, 0.6) is 0 Å². The van der Waals surface area contributed by atoms with E-state index in [0.29, 0.717) is 15.1 Å². The number of nitrogens with zero attached hydrogens (tertiary/aromatic N) is 1. The molecule has 162 valence electrons. The Morgan fingerprint density at radius 3 is 2.66 bits per heavy atom. The summed E-state index contributed by atoms with van der Waals surface area (Å²) in [5.74, 6) is -2.15. The van der Waals surface area contributed by atoms with E-state index in [9.17, 15) is 22.8 Å². The van der Waals surface area contributed by atoms with E-state index in [1.807, 2.05) is 0 Å². The summed E-state index contributed by atoms with van der Waals surface area (Å²) in [5, 5.41) is 2.50. The van der Waals surface area contributed by atoms with Gasteiger partial charge >= 0.3 is 16.4 Å². The average Bonchev–Trinajstić information content (AvgIpc) is 2.92. The largest absolute Gasteiger partial charge is 0.464 e. The van der Waals surface area contributed by atoms with Crippen molar-refractivity contribution in [3.8, 4) is 0 Å². The molecule has 29 heavy (non-hydrogen) atoms. The lowest BCUT2D eigenvalue weighted by Gasteiger charge is -2.45. The molecule has 2 rings (SSSR count). The molecule has 2 aliphatic rings. The molecule has 2 heterocycles. The standard InChI is InChI=1S/C16H21BrN2O8S2/c1-5-26-29(23,24)27-8(2)13-10-6-11(28-12(17)7-18-9(3)20)14(16(22)25-4)19(10)15(13)21/h7-8,10,13H,5-6H2,1-4H3,(H,18,20)/t8-,10+,13-/m0/s1. The smallest absolute Gasteiger partial charge is 0.400 e. The molecule has 0 spiro atoms. The van der Waals surface area contributed by atoms with Crippen molar-refractivity contribution in [3.05, 3.63) is 20.6 Å². The molecule has 13 heteroatoms. The van der Waals surface area contributed by atoms with Gasteiger partial charge in [-0.1, -0.05) is 11.8 Å². The summed E-state index contributed by atoms with van der Waals surface area (Å²) in [5.41, 5.74) is 0.0943. The van der Waals surface area contributed by atoms with Crippen molar-refractivity contribution in [1.82, 2.24) is 10.2 Å². The lowest BCUT2D eigenvalue weighted by molar-refractivity contribution is -0.160. The highest BCUT2D eigenvalue weighted by atomic mass is 79.9. The zero-order valence-electron chi connectivity index (χ0n) is 16.1. The molecule has 3 atom stereocenters. The van der Waals surface area contributed by atoms with Crippen LogP contribution < -0.4 is 5.32 Å². The Bertz CT molecular complexity index is 870. The molecule has 0 aromatic rings. The van der Waals surface area contributed by atoms with E-state index in [1.165, 1.54) is 39.0 Å². The zero-order chi connectivity index (χ0) is 21.9. The monoisotopic (exact) mass is 512 g/mol. The van der Waals surface area contributed by atoms with Crippen LogP contribution in [0.1, 0.15) is 27.2 Å². The minimum Gasteiger partial charge on any atom is -0.464 e. The van der Waals surface area contributed by atoms with Gasteiger partial charge in [-0.3, -0.25) is 9.59 Å². The number of ether oxygens (including phenoxy) is 1. The number of fused-ring (bicyclic) bond motifs is 1. The number of nitrogens with one attached hydrogen (secondary N) is 1. The first-order valence-corrected chi connectivity index (χ1v) is 11.5. The van der Waals surface area contributed by atoms with Crippen molar-refractivity contribution < 1.29 is 35.9 Å². The molecule has 2 amide bonds. The molecule has 1 N–H and O–H groups in total. The number of carbonyl (C=O) groups excluding carboxylic acids is 3. The van der Waals surface area contributed by atoms with Crippen LogP contribution in [0, 0.1) is 5.92 Å². The first-order chi connectivity index (χ1) is 13.5. The molecular formula is C16H21BrN2O8S2. The fourth-order valence-corrected chi connectivity index (χ4v) is 5.54. The number of thioether (sulfide) groups is 1. The molecule has 10 nitrogen and oxygen atoms in total. The summed E-state index contributed by atoms with van der Waals surface area (Å²) in [6, 6.07) is -0.452. The van der Waals surface area contributed by atoms with Gasteiger partial charge in [0.05, 0.1) is 35.6 Å². The van der Waals surface area contributed by atoms with Crippen molar-refractivity contribution in [2.45, 2.75) is 39.3 Å². The Hall–Kier alpha value is -1.41. The van der Waals surface area contributed by atoms with Gasteiger partial charge in [0.2, 0.25) is 11.8 Å². The third-order valence-corrected chi connectivity index (χ3v) is 6.89. The van der Waals surface area contributed by atoms with Gasteiger partial charge in [0.25, 0.3) is 0 Å². The van der Waals surface area contributed by atoms with Crippen LogP contribution in [0.25, 0.3) is 0 Å². The van der Waals surface area contributed by atoms with Crippen molar-refractivity contribution >= 4 is 55.9 Å². The highest BCUT2D eigenvalue weighted by Gasteiger charge is 2.58. The van der Waals surface area contributed by atoms with Crippen LogP contribution in [-0.2, 0) is 37.9 Å². The molecule has 0 aromatic heterocycles. The molecule has 2 aliphatic heterocycles. The molecule has 0 aliphatic carbocycles. The fourth-order valence-electron chi connectivity index (χ4n) is 3.12. The minimum atomic E-state index is -4.22. The summed E-state index contributed by atoms with van der Waals surface area (Å²) >= 11 is 4.44. The number of halogens is 1. The summed E-state index contributed by atoms with van der Waals surface area (Å²) in [6.07, 6.45) is 0.753. The molecule has 0 unspecified atom stereocenters. The predicted molar refractivity (Wildman–Crippen MR) is 107 cm³/mol. The van der Waals surface area contributed by atoms with Gasteiger partial charge in [0.1, 0.15) is 5.70 Å². The fraction of sp³-hybridized carbons (Fsp3) is 0.562. The second-order valence-corrected chi connectivity index (χ2v) is 9.90. The predicted octanol–water partition coefficient (Wildman–Crippen LogP) is 1.35. The van der Waals surface area contributed by atoms with Gasteiger partial charge in [-0.15, -0.1) is 0 Å². The number of β-lactam (4-membered cyclic amide) rings is 1. The molecule has 1 saturated heterocycles. The molecule has 0 aromatic carbocycles. The van der Waals surface area contributed by atoms with Crippen molar-refractivity contribution in [2.24, 2.45) is 5.92 Å². The number of carbonyl (C=O) groups is 3. The Kier molecular flexibility index (Phi) is 7.90. The number of rotatable bonds is 9. The van der Waals surface area contributed by atoms with E-state index in [1.54, 1.807) is 0 Å². The Labute approximate surface area is 181 Å². The lowest BCUT2D eigenvalue weighted by atomic mass is 9.83. The van der Waals surface area contributed by atoms with E-state index < -0.39 is 40.3 Å². The van der Waals surface area contributed by atoms with E-state index in [-0.39, 0.29) is 18.2 Å². The summed E-state index contributed by atoms with van der Waals surface area (Å²) in [7, 11) is -3.02. The minimum absolute atomic E-state index is 0.0906. The second-order valence-electron chi connectivity index (χ2n) is 6.14. The number of esters is 1. The first-order valence-electron chi connectivity index (χ1n) is 8.55. The molecule has 0 radical (unpaired) electrons. The van der Waals surface area contributed by atoms with Gasteiger partial charge < -0.3 is 15.0 Å². The van der Waals surface area contributed by atoms with Gasteiger partial charge in [-0.05, 0) is 29.8 Å². The maximum absolute atomic E-state index is 12.7. The third kappa shape index (κ3) is 5.40. The van der Waals surface area contributed by atoms with Gasteiger partial charge in [0, 0.05) is 24.4 Å². The van der Waals surface area contributed by atoms with Crippen LogP contribution in [0.4, 0.5) is 0 Å². The van der Waals surface area contributed by atoms with Gasteiger partial charge in [0.15, 0.2) is 0 Å². The summed E-state index contributed by atoms with van der Waals surface area (Å²) in [6.45, 7) is 4.23. The molecule has 0 saturated carbocycles. The number of methoxy groups -OCH3 is 1. The van der Waals surface area contributed by atoms with Gasteiger partial charge in [-0.2, -0.15) is 8.42 Å². The van der Waals surface area contributed by atoms with Gasteiger partial charge in [-0.25, -0.2) is 13.2 Å². The van der Waals surface area contributed by atoms with E-state index in [4.69, 9.17) is 8.92 Å². The Morgan fingerprint density at radius 1 is 1.45 bits per heavy atom. The zero-order valence-corrected chi connectivity index (χ0v) is 19.4. The topological polar surface area (TPSA) is 128 Å². The third-order valence-electron chi connectivity index (χ3n) is 4.19. The maximum Gasteiger partial charge on any atom is 0.400 e. The van der Waals surface area contributed by atoms with Crippen molar-refractivity contribution in [2.75, 3.05) is 13.7 Å². The second kappa shape index (κ2) is 9.60. The van der Waals surface area contributed by atoms with Crippen LogP contribution in [0.15, 0.2) is 20.6 Å². The average molecular weight is 513 g/mol. The highest BCUT2D eigenvalue weighted by molar-refractivity contribution is 9.14. The van der Waals surface area contributed by atoms with E-state index >= 15 is 0 Å². The summed E-state index contributed by atoms with van der Waals surface area (Å²) in [4.78, 5) is 37.8. The first kappa shape index (κ1) is 23.9. The number of hydrogen-bond donors (Lipinski definition) is 1. The maximum atomic E-state index is 12.7. The quantitative estimate of drug-likeness (QED) is 0.359. The van der Waals surface area contributed by atoms with Crippen molar-refractivity contribution in [3.63, 3.8) is 0 Å². The van der Waals surface area contributed by atoms with E-state index in [0.717, 1.165) is 11.8 Å². The Morgan fingerprint density at radius 2 is 2.10 bits per heavy atom. The Balaban J connectivity index is 2.21. The van der Waals surface area contributed by atoms with Crippen molar-refractivity contribution in [1.29, 1.82) is 0 Å². The molecule has 1 fully saturated rings. The van der Waals surface area contributed by atoms with Crippen LogP contribution in [0.3, 0.4) is 0 Å². The van der Waals surface area contributed by atoms with Crippen LogP contribution >= 0.6 is 27.7 Å². The highest BCUT2D eigenvalue weighted by Crippen LogP contribution is 2.49. The number of hydrogen-bond acceptors (Lipinski definition) is 9. The van der Waals surface area contributed by atoms with Crippen LogP contribution in [-0.4, -0.2) is 57.0 Å². The lowest BCUT2D eigenvalue weighted by Crippen LogP contribution is -2.62. The summed E-state index contributed by atoms with van der Waals surface area (Å²) < 4.78 is 38.3. The SMILES string of the molecule is CCOS(=O)(=O)O[C@@H](C)[C@@H]1C(=O)N2C(C(=O)OC)=C(SC(Br)=CNC(C)=O)C[C@H]12. The number of amides is 2. The van der Waals surface area contributed by atoms with Crippen LogP contribution in [0.2, 0.25) is 0 Å². The molecule has 0 bridgehead atoms. The van der Waals surface area contributed by atoms with E-state index in [2.05, 4.69) is 25.4 Å². The normalized spacial score (nSPS) is 22.9. The molecular weight excluding hydrogens is 492 g/mol.